The van der Waals surface area contributed by atoms with Crippen LogP contribution in [0.15, 0.2) is 30.3 Å². The molecule has 2 aliphatic heterocycles. The Bertz CT molecular complexity index is 624. The van der Waals surface area contributed by atoms with Gasteiger partial charge in [-0.1, -0.05) is 30.3 Å². The van der Waals surface area contributed by atoms with Crippen molar-refractivity contribution in [3.8, 4) is 11.1 Å². The van der Waals surface area contributed by atoms with Gasteiger partial charge in [0.05, 0.1) is 5.56 Å². The molecule has 5 heteroatoms. The maximum atomic E-state index is 6.15. The number of piperazine rings is 1. The minimum atomic E-state index is 0.662. The molecule has 0 amide bonds. The molecule has 1 aromatic carbocycles. The highest BCUT2D eigenvalue weighted by Crippen LogP contribution is 2.40. The lowest BCUT2D eigenvalue weighted by Gasteiger charge is -2.38. The number of aromatic nitrogens is 1. The van der Waals surface area contributed by atoms with E-state index in [-0.39, 0.29) is 0 Å². The van der Waals surface area contributed by atoms with E-state index < -0.39 is 0 Å². The first-order valence-corrected chi connectivity index (χ1v) is 8.40. The lowest BCUT2D eigenvalue weighted by molar-refractivity contribution is 0.231. The van der Waals surface area contributed by atoms with Crippen molar-refractivity contribution in [2.45, 2.75) is 18.9 Å². The second-order valence-corrected chi connectivity index (χ2v) is 6.64. The molecule has 0 saturated carbocycles. The largest absolute Gasteiger partial charge is 0.382 e. The normalized spacial score (nSPS) is 22.5. The van der Waals surface area contributed by atoms with Gasteiger partial charge in [-0.3, -0.25) is 4.90 Å². The highest BCUT2D eigenvalue weighted by Gasteiger charge is 2.32. The van der Waals surface area contributed by atoms with E-state index in [1.54, 1.807) is 11.5 Å². The summed E-state index contributed by atoms with van der Waals surface area (Å²) < 4.78 is 4.42. The standard InChI is InChI=1S/C16H20N4S/c17-15-14(12-5-2-1-3-6-12)16(21-18-15)20-10-9-19-8-4-7-13(19)11-20/h1-3,5-6,13H,4,7-11H2,(H2,17,18). The number of hydrogen-bond donors (Lipinski definition) is 1. The van der Waals surface area contributed by atoms with Crippen LogP contribution in [0.1, 0.15) is 12.8 Å². The van der Waals surface area contributed by atoms with Crippen molar-refractivity contribution in [1.82, 2.24) is 9.27 Å². The number of rotatable bonds is 2. The van der Waals surface area contributed by atoms with Crippen molar-refractivity contribution in [2.75, 3.05) is 36.8 Å². The van der Waals surface area contributed by atoms with Gasteiger partial charge < -0.3 is 10.6 Å². The number of anilines is 2. The molecule has 2 fully saturated rings. The van der Waals surface area contributed by atoms with Gasteiger partial charge in [0.2, 0.25) is 0 Å². The van der Waals surface area contributed by atoms with Crippen LogP contribution >= 0.6 is 11.5 Å². The van der Waals surface area contributed by atoms with E-state index in [1.807, 2.05) is 6.07 Å². The molecule has 2 aliphatic rings. The third-order valence-electron chi connectivity index (χ3n) is 4.64. The van der Waals surface area contributed by atoms with Crippen LogP contribution < -0.4 is 10.6 Å². The van der Waals surface area contributed by atoms with E-state index >= 15 is 0 Å². The van der Waals surface area contributed by atoms with Crippen molar-refractivity contribution in [1.29, 1.82) is 0 Å². The molecule has 2 N–H and O–H groups in total. The summed E-state index contributed by atoms with van der Waals surface area (Å²) in [5.41, 5.74) is 8.44. The van der Waals surface area contributed by atoms with Gasteiger partial charge in [0.15, 0.2) is 0 Å². The zero-order valence-corrected chi connectivity index (χ0v) is 12.9. The molecule has 0 aliphatic carbocycles. The van der Waals surface area contributed by atoms with Crippen molar-refractivity contribution < 1.29 is 0 Å². The molecule has 2 saturated heterocycles. The van der Waals surface area contributed by atoms with E-state index in [2.05, 4.69) is 38.4 Å². The SMILES string of the molecule is Nc1nsc(N2CCN3CCCC3C2)c1-c1ccccc1. The molecule has 4 rings (SSSR count). The van der Waals surface area contributed by atoms with Gasteiger partial charge in [-0.05, 0) is 36.5 Å². The predicted octanol–water partition coefficient (Wildman–Crippen LogP) is 2.68. The van der Waals surface area contributed by atoms with Crippen LogP contribution in [0, 0.1) is 0 Å². The molecule has 0 spiro atoms. The highest BCUT2D eigenvalue weighted by molar-refractivity contribution is 7.11. The molecular formula is C16H20N4S. The second-order valence-electron chi connectivity index (χ2n) is 5.89. The summed E-state index contributed by atoms with van der Waals surface area (Å²) in [6, 6.07) is 11.1. The lowest BCUT2D eigenvalue weighted by Crippen LogP contribution is -2.50. The van der Waals surface area contributed by atoms with Crippen LogP contribution in [-0.4, -0.2) is 41.5 Å². The van der Waals surface area contributed by atoms with Gasteiger partial charge in [0, 0.05) is 25.7 Å². The van der Waals surface area contributed by atoms with Crippen molar-refractivity contribution in [3.05, 3.63) is 30.3 Å². The number of benzene rings is 1. The smallest absolute Gasteiger partial charge is 0.147 e. The van der Waals surface area contributed by atoms with Crippen LogP contribution in [0.25, 0.3) is 11.1 Å². The molecule has 1 aromatic heterocycles. The average molecular weight is 300 g/mol. The third-order valence-corrected chi connectivity index (χ3v) is 5.56. The first-order valence-electron chi connectivity index (χ1n) is 7.62. The molecule has 1 unspecified atom stereocenters. The summed E-state index contributed by atoms with van der Waals surface area (Å²) in [6.45, 7) is 4.63. The summed E-state index contributed by atoms with van der Waals surface area (Å²) in [5, 5.41) is 1.24. The van der Waals surface area contributed by atoms with Gasteiger partial charge in [-0.25, -0.2) is 0 Å². The first kappa shape index (κ1) is 13.1. The van der Waals surface area contributed by atoms with Crippen molar-refractivity contribution in [3.63, 3.8) is 0 Å². The predicted molar refractivity (Wildman–Crippen MR) is 88.8 cm³/mol. The number of nitrogens with two attached hydrogens (primary N) is 1. The Balaban J connectivity index is 1.67. The van der Waals surface area contributed by atoms with E-state index in [4.69, 9.17) is 5.73 Å². The Morgan fingerprint density at radius 1 is 1.14 bits per heavy atom. The summed E-state index contributed by atoms with van der Waals surface area (Å²) in [5.74, 6) is 0.662. The highest BCUT2D eigenvalue weighted by atomic mass is 32.1. The van der Waals surface area contributed by atoms with E-state index in [9.17, 15) is 0 Å². The molecule has 110 valence electrons. The van der Waals surface area contributed by atoms with Gasteiger partial charge in [-0.2, -0.15) is 4.37 Å². The molecule has 21 heavy (non-hydrogen) atoms. The first-order chi connectivity index (χ1) is 10.3. The topological polar surface area (TPSA) is 45.4 Å². The van der Waals surface area contributed by atoms with Gasteiger partial charge in [-0.15, -0.1) is 0 Å². The zero-order chi connectivity index (χ0) is 14.2. The van der Waals surface area contributed by atoms with E-state index in [1.165, 1.54) is 30.0 Å². The Morgan fingerprint density at radius 2 is 2.00 bits per heavy atom. The Kier molecular flexibility index (Phi) is 3.31. The fourth-order valence-corrected chi connectivity index (χ4v) is 4.43. The summed E-state index contributed by atoms with van der Waals surface area (Å²) in [4.78, 5) is 5.12. The summed E-state index contributed by atoms with van der Waals surface area (Å²) in [7, 11) is 0. The average Bonchev–Trinajstić information content (AvgIpc) is 3.13. The minimum absolute atomic E-state index is 0.662. The van der Waals surface area contributed by atoms with Crippen molar-refractivity contribution in [2.24, 2.45) is 0 Å². The second kappa shape index (κ2) is 5.31. The third kappa shape index (κ3) is 2.30. The number of hydrogen-bond acceptors (Lipinski definition) is 5. The monoisotopic (exact) mass is 300 g/mol. The van der Waals surface area contributed by atoms with Crippen LogP contribution in [0.4, 0.5) is 10.8 Å². The molecule has 3 heterocycles. The minimum Gasteiger partial charge on any atom is -0.382 e. The Labute approximate surface area is 129 Å². The summed E-state index contributed by atoms with van der Waals surface area (Å²) >= 11 is 1.54. The molecule has 2 aromatic rings. The van der Waals surface area contributed by atoms with Crippen molar-refractivity contribution >= 4 is 22.4 Å². The van der Waals surface area contributed by atoms with Gasteiger partial charge in [0.1, 0.15) is 10.8 Å². The lowest BCUT2D eigenvalue weighted by atomic mass is 10.1. The number of nitrogen functional groups attached to an aromatic ring is 1. The fourth-order valence-electron chi connectivity index (χ4n) is 3.56. The number of fused-ring (bicyclic) bond motifs is 1. The van der Waals surface area contributed by atoms with E-state index in [0.717, 1.165) is 25.2 Å². The molecule has 0 radical (unpaired) electrons. The van der Waals surface area contributed by atoms with Crippen LogP contribution in [0.3, 0.4) is 0 Å². The molecule has 4 nitrogen and oxygen atoms in total. The quantitative estimate of drug-likeness (QED) is 0.926. The molecular weight excluding hydrogens is 280 g/mol. The van der Waals surface area contributed by atoms with Gasteiger partial charge in [0.25, 0.3) is 0 Å². The Morgan fingerprint density at radius 3 is 2.86 bits per heavy atom. The molecule has 1 atom stereocenters. The van der Waals surface area contributed by atoms with Crippen LogP contribution in [-0.2, 0) is 0 Å². The Hall–Kier alpha value is -1.59. The van der Waals surface area contributed by atoms with Gasteiger partial charge >= 0.3 is 0 Å². The van der Waals surface area contributed by atoms with Crippen LogP contribution in [0.2, 0.25) is 0 Å². The summed E-state index contributed by atoms with van der Waals surface area (Å²) in [6.07, 6.45) is 2.67. The van der Waals surface area contributed by atoms with E-state index in [0.29, 0.717) is 11.9 Å². The maximum Gasteiger partial charge on any atom is 0.147 e. The zero-order valence-electron chi connectivity index (χ0n) is 12.0. The number of nitrogens with zero attached hydrogens (tertiary/aromatic N) is 3. The molecule has 0 bridgehead atoms. The van der Waals surface area contributed by atoms with Crippen LogP contribution in [0.5, 0.6) is 0 Å². The fraction of sp³-hybridized carbons (Fsp3) is 0.438. The maximum absolute atomic E-state index is 6.15.